The van der Waals surface area contributed by atoms with E-state index in [-0.39, 0.29) is 37.7 Å². The topological polar surface area (TPSA) is 252 Å². The number of aliphatic imine (C=N–C) groups is 1. The van der Waals surface area contributed by atoms with Gasteiger partial charge in [0.15, 0.2) is 5.96 Å². The molecule has 0 aromatic carbocycles. The summed E-state index contributed by atoms with van der Waals surface area (Å²) in [6.45, 7) is 3.68. The van der Waals surface area contributed by atoms with E-state index < -0.39 is 60.2 Å². The molecule has 0 rings (SSSR count). The number of nitrogens with one attached hydrogen (secondary N) is 3. The summed E-state index contributed by atoms with van der Waals surface area (Å²) < 4.78 is 0. The fourth-order valence-corrected chi connectivity index (χ4v) is 3.51. The van der Waals surface area contributed by atoms with E-state index in [0.717, 1.165) is 0 Å². The first-order valence-corrected chi connectivity index (χ1v) is 12.9. The van der Waals surface area contributed by atoms with E-state index in [0.29, 0.717) is 12.2 Å². The molecule has 0 saturated heterocycles. The summed E-state index contributed by atoms with van der Waals surface area (Å²) in [5.74, 6) is -4.71. The predicted molar refractivity (Wildman–Crippen MR) is 136 cm³/mol. The van der Waals surface area contributed by atoms with Crippen LogP contribution in [-0.2, 0) is 24.0 Å². The number of aliphatic carboxylic acids is 2. The molecular formula is C21H39N7O7S. The van der Waals surface area contributed by atoms with Gasteiger partial charge in [0.05, 0.1) is 12.5 Å². The van der Waals surface area contributed by atoms with E-state index >= 15 is 0 Å². The van der Waals surface area contributed by atoms with Crippen molar-refractivity contribution >= 4 is 47.4 Å². The Morgan fingerprint density at radius 3 is 2.06 bits per heavy atom. The van der Waals surface area contributed by atoms with Crippen LogP contribution in [0.15, 0.2) is 4.99 Å². The average molecular weight is 534 g/mol. The zero-order valence-corrected chi connectivity index (χ0v) is 21.7. The third-order valence-electron chi connectivity index (χ3n) is 5.33. The largest absolute Gasteiger partial charge is 0.481 e. The van der Waals surface area contributed by atoms with Crippen molar-refractivity contribution in [3.8, 4) is 0 Å². The number of nitrogens with zero attached hydrogens (tertiary/aromatic N) is 1. The van der Waals surface area contributed by atoms with Crippen molar-refractivity contribution in [2.45, 2.75) is 70.1 Å². The first kappa shape index (κ1) is 32.9. The zero-order valence-electron chi connectivity index (χ0n) is 20.9. The third-order valence-corrected chi connectivity index (χ3v) is 5.97. The molecule has 0 aliphatic rings. The Bertz CT molecular complexity index is 793. The number of guanidine groups is 1. The van der Waals surface area contributed by atoms with Crippen LogP contribution in [0.5, 0.6) is 0 Å². The molecule has 5 unspecified atom stereocenters. The lowest BCUT2D eigenvalue weighted by Crippen LogP contribution is -2.58. The highest BCUT2D eigenvalue weighted by molar-refractivity contribution is 7.98. The van der Waals surface area contributed by atoms with Gasteiger partial charge in [-0.25, -0.2) is 4.79 Å². The van der Waals surface area contributed by atoms with E-state index in [1.54, 1.807) is 13.8 Å². The third kappa shape index (κ3) is 13.1. The zero-order chi connectivity index (χ0) is 27.8. The van der Waals surface area contributed by atoms with Crippen LogP contribution in [0.3, 0.4) is 0 Å². The summed E-state index contributed by atoms with van der Waals surface area (Å²) in [5.41, 5.74) is 16.2. The Balaban J connectivity index is 5.64. The molecule has 5 atom stereocenters. The molecule has 0 spiro atoms. The van der Waals surface area contributed by atoms with Gasteiger partial charge < -0.3 is 43.4 Å². The minimum Gasteiger partial charge on any atom is -0.481 e. The van der Waals surface area contributed by atoms with Gasteiger partial charge in [0.1, 0.15) is 18.1 Å². The molecule has 14 nitrogen and oxygen atoms in total. The van der Waals surface area contributed by atoms with Gasteiger partial charge in [0.25, 0.3) is 0 Å². The van der Waals surface area contributed by atoms with Crippen molar-refractivity contribution in [2.75, 3.05) is 18.6 Å². The summed E-state index contributed by atoms with van der Waals surface area (Å²) in [4.78, 5) is 64.7. The van der Waals surface area contributed by atoms with Gasteiger partial charge in [0, 0.05) is 6.54 Å². The number of hydrogen-bond acceptors (Lipinski definition) is 8. The number of amides is 3. The average Bonchev–Trinajstić information content (AvgIpc) is 2.80. The first-order chi connectivity index (χ1) is 16.8. The van der Waals surface area contributed by atoms with Crippen LogP contribution < -0.4 is 33.2 Å². The van der Waals surface area contributed by atoms with Crippen LogP contribution >= 0.6 is 11.8 Å². The van der Waals surface area contributed by atoms with Crippen LogP contribution in [-0.4, -0.2) is 88.6 Å². The van der Waals surface area contributed by atoms with Crippen LogP contribution in [0.2, 0.25) is 0 Å². The molecule has 0 heterocycles. The number of carbonyl (C=O) groups excluding carboxylic acids is 3. The van der Waals surface area contributed by atoms with Gasteiger partial charge in [-0.2, -0.15) is 11.8 Å². The normalized spacial score (nSPS) is 14.9. The molecule has 0 aliphatic heterocycles. The lowest BCUT2D eigenvalue weighted by molar-refractivity contribution is -0.142. The second-order valence-electron chi connectivity index (χ2n) is 8.27. The SMILES string of the molecule is CCC(C)C(NC(=O)C(CCCN=C(N)N)NC(=O)C(N)CC(=O)O)C(=O)NC(CCSC)C(=O)O. The summed E-state index contributed by atoms with van der Waals surface area (Å²) in [6.07, 6.45) is 2.21. The summed E-state index contributed by atoms with van der Waals surface area (Å²) >= 11 is 1.43. The number of hydrogen-bond donors (Lipinski definition) is 8. The van der Waals surface area contributed by atoms with Crippen molar-refractivity contribution in [1.29, 1.82) is 0 Å². The minimum atomic E-state index is -1.39. The van der Waals surface area contributed by atoms with E-state index in [1.807, 2.05) is 6.26 Å². The molecule has 0 bridgehead atoms. The fourth-order valence-electron chi connectivity index (χ4n) is 3.04. The van der Waals surface area contributed by atoms with Crippen molar-refractivity contribution in [3.63, 3.8) is 0 Å². The van der Waals surface area contributed by atoms with Gasteiger partial charge >= 0.3 is 11.9 Å². The molecule has 0 aromatic rings. The highest BCUT2D eigenvalue weighted by atomic mass is 32.2. The number of carboxylic acids is 2. The predicted octanol–water partition coefficient (Wildman–Crippen LogP) is -1.82. The Morgan fingerprint density at radius 1 is 0.944 bits per heavy atom. The van der Waals surface area contributed by atoms with Crippen molar-refractivity contribution in [2.24, 2.45) is 28.1 Å². The fraction of sp³-hybridized carbons (Fsp3) is 0.714. The molecule has 0 aromatic heterocycles. The highest BCUT2D eigenvalue weighted by Crippen LogP contribution is 2.11. The van der Waals surface area contributed by atoms with Crippen LogP contribution in [0.1, 0.15) is 46.0 Å². The van der Waals surface area contributed by atoms with E-state index in [2.05, 4.69) is 20.9 Å². The van der Waals surface area contributed by atoms with Crippen molar-refractivity contribution in [3.05, 3.63) is 0 Å². The number of nitrogens with two attached hydrogens (primary N) is 3. The molecule has 0 radical (unpaired) electrons. The number of carbonyl (C=O) groups is 5. The van der Waals surface area contributed by atoms with Crippen molar-refractivity contribution < 1.29 is 34.2 Å². The maximum atomic E-state index is 13.1. The van der Waals surface area contributed by atoms with Gasteiger partial charge in [-0.05, 0) is 37.2 Å². The lowest BCUT2D eigenvalue weighted by atomic mass is 9.97. The van der Waals surface area contributed by atoms with Gasteiger partial charge in [-0.3, -0.25) is 24.2 Å². The summed E-state index contributed by atoms with van der Waals surface area (Å²) in [7, 11) is 0. The molecule has 0 saturated carbocycles. The molecule has 11 N–H and O–H groups in total. The molecule has 15 heteroatoms. The number of carboxylic acid groups (broad SMARTS) is 2. The van der Waals surface area contributed by atoms with E-state index in [9.17, 15) is 29.1 Å². The second kappa shape index (κ2) is 17.4. The second-order valence-corrected chi connectivity index (χ2v) is 9.25. The number of rotatable bonds is 18. The van der Waals surface area contributed by atoms with Gasteiger partial charge in [0.2, 0.25) is 17.7 Å². The maximum absolute atomic E-state index is 13.1. The lowest BCUT2D eigenvalue weighted by Gasteiger charge is -2.28. The summed E-state index contributed by atoms with van der Waals surface area (Å²) in [6, 6.07) is -4.77. The van der Waals surface area contributed by atoms with Crippen LogP contribution in [0.4, 0.5) is 0 Å². The highest BCUT2D eigenvalue weighted by Gasteiger charge is 2.32. The Morgan fingerprint density at radius 2 is 1.56 bits per heavy atom. The smallest absolute Gasteiger partial charge is 0.326 e. The number of thioether (sulfide) groups is 1. The monoisotopic (exact) mass is 533 g/mol. The Labute approximate surface area is 214 Å². The van der Waals surface area contributed by atoms with Gasteiger partial charge in [-0.15, -0.1) is 0 Å². The van der Waals surface area contributed by atoms with Gasteiger partial charge in [-0.1, -0.05) is 20.3 Å². The Kier molecular flexibility index (Phi) is 15.9. The standard InChI is InChI=1S/C21H39N7O7S/c1-4-11(2)16(19(33)27-14(20(34)35)7-9-36-3)28-18(32)13(6-5-8-25-21(23)24)26-17(31)12(22)10-15(29)30/h11-14,16H,4-10,22H2,1-3H3,(H,26,31)(H,27,33)(H,28,32)(H,29,30)(H,34,35)(H4,23,24,25). The quantitative estimate of drug-likeness (QED) is 0.0553. The molecule has 0 aliphatic carbocycles. The van der Waals surface area contributed by atoms with Crippen LogP contribution in [0, 0.1) is 5.92 Å². The molecule has 36 heavy (non-hydrogen) atoms. The molecule has 206 valence electrons. The summed E-state index contributed by atoms with van der Waals surface area (Å²) in [5, 5.41) is 25.8. The molecule has 3 amide bonds. The Hall–Kier alpha value is -3.07. The van der Waals surface area contributed by atoms with E-state index in [4.69, 9.17) is 22.3 Å². The van der Waals surface area contributed by atoms with Crippen LogP contribution in [0.25, 0.3) is 0 Å². The first-order valence-electron chi connectivity index (χ1n) is 11.5. The minimum absolute atomic E-state index is 0.0640. The molecular weight excluding hydrogens is 494 g/mol. The van der Waals surface area contributed by atoms with Crippen molar-refractivity contribution in [1.82, 2.24) is 16.0 Å². The maximum Gasteiger partial charge on any atom is 0.326 e. The van der Waals surface area contributed by atoms with E-state index in [1.165, 1.54) is 11.8 Å². The molecule has 0 fully saturated rings.